The number of esters is 1. The summed E-state index contributed by atoms with van der Waals surface area (Å²) in [4.78, 5) is 29.2. The molecule has 96 valence electrons. The number of hydrogen-bond donors (Lipinski definition) is 2. The van der Waals surface area contributed by atoms with Crippen LogP contribution in [0.4, 0.5) is 0 Å². The van der Waals surface area contributed by atoms with Crippen LogP contribution in [0.3, 0.4) is 0 Å². The Labute approximate surface area is 115 Å². The molecule has 0 saturated heterocycles. The van der Waals surface area contributed by atoms with Crippen LogP contribution in [0, 0.1) is 0 Å². The zero-order valence-corrected chi connectivity index (χ0v) is 11.5. The van der Waals surface area contributed by atoms with Crippen molar-refractivity contribution in [3.8, 4) is 0 Å². The van der Waals surface area contributed by atoms with Crippen molar-refractivity contribution in [2.24, 2.45) is 0 Å². The molecule has 2 heterocycles. The van der Waals surface area contributed by atoms with Crippen LogP contribution in [0.15, 0.2) is 33.7 Å². The zero-order valence-electron chi connectivity index (χ0n) is 9.91. The lowest BCUT2D eigenvalue weighted by molar-refractivity contribution is 0.0601. The number of benzene rings is 1. The largest absolute Gasteiger partial charge is 0.465 e. The Bertz CT molecular complexity index is 863. The van der Waals surface area contributed by atoms with Gasteiger partial charge < -0.3 is 14.7 Å². The molecule has 0 saturated carbocycles. The van der Waals surface area contributed by atoms with Crippen LogP contribution in [0.1, 0.15) is 10.4 Å². The van der Waals surface area contributed by atoms with Crippen LogP contribution in [0.2, 0.25) is 0 Å². The number of methoxy groups -OCH3 is 1. The van der Waals surface area contributed by atoms with E-state index in [0.717, 1.165) is 15.4 Å². The lowest BCUT2D eigenvalue weighted by atomic mass is 10.1. The highest BCUT2D eigenvalue weighted by Gasteiger charge is 2.13. The molecule has 1 aromatic carbocycles. The molecule has 3 aromatic rings. The van der Waals surface area contributed by atoms with E-state index in [-0.39, 0.29) is 5.56 Å². The molecule has 0 aliphatic rings. The molecule has 0 spiro atoms. The van der Waals surface area contributed by atoms with Crippen molar-refractivity contribution in [1.29, 1.82) is 0 Å². The lowest BCUT2D eigenvalue weighted by Gasteiger charge is -1.98. The number of carbonyl (C=O) groups excluding carboxylic acids is 1. The van der Waals surface area contributed by atoms with Crippen LogP contribution in [-0.2, 0) is 4.74 Å². The molecule has 6 heteroatoms. The number of carbonyl (C=O) groups is 1. The summed E-state index contributed by atoms with van der Waals surface area (Å²) in [5, 5.41) is 1.34. The molecule has 0 radical (unpaired) electrons. The molecule has 2 N–H and O–H groups in total. The van der Waals surface area contributed by atoms with Crippen molar-refractivity contribution in [3.05, 3.63) is 44.8 Å². The average molecular weight is 321 g/mol. The first-order chi connectivity index (χ1) is 9.11. The maximum atomic E-state index is 11.9. The third kappa shape index (κ3) is 1.76. The summed E-state index contributed by atoms with van der Waals surface area (Å²) in [5.41, 5.74) is 1.69. The monoisotopic (exact) mass is 320 g/mol. The molecule has 3 rings (SSSR count). The average Bonchev–Trinajstić information content (AvgIpc) is 2.81. The van der Waals surface area contributed by atoms with Crippen molar-refractivity contribution in [1.82, 2.24) is 9.97 Å². The molecule has 2 aromatic heterocycles. The number of aromatic nitrogens is 2. The van der Waals surface area contributed by atoms with E-state index in [0.29, 0.717) is 16.5 Å². The van der Waals surface area contributed by atoms with E-state index >= 15 is 0 Å². The second kappa shape index (κ2) is 4.24. The van der Waals surface area contributed by atoms with Gasteiger partial charge in [0.05, 0.1) is 28.0 Å². The van der Waals surface area contributed by atoms with Gasteiger partial charge in [0, 0.05) is 17.1 Å². The van der Waals surface area contributed by atoms with Gasteiger partial charge in [-0.05, 0) is 28.1 Å². The number of pyridine rings is 1. The quantitative estimate of drug-likeness (QED) is 0.677. The summed E-state index contributed by atoms with van der Waals surface area (Å²) >= 11 is 3.38. The summed E-state index contributed by atoms with van der Waals surface area (Å²) in [7, 11) is 1.33. The van der Waals surface area contributed by atoms with Gasteiger partial charge in [-0.3, -0.25) is 4.79 Å². The third-order valence-electron chi connectivity index (χ3n) is 3.02. The van der Waals surface area contributed by atoms with E-state index < -0.39 is 5.97 Å². The van der Waals surface area contributed by atoms with Gasteiger partial charge in [-0.25, -0.2) is 4.79 Å². The van der Waals surface area contributed by atoms with Gasteiger partial charge in [0.15, 0.2) is 0 Å². The van der Waals surface area contributed by atoms with Crippen LogP contribution < -0.4 is 5.56 Å². The molecule has 0 amide bonds. The Balaban J connectivity index is 2.41. The van der Waals surface area contributed by atoms with Crippen LogP contribution in [-0.4, -0.2) is 23.0 Å². The minimum atomic E-state index is -0.409. The molecular formula is C13H9BrN2O3. The van der Waals surface area contributed by atoms with E-state index in [1.807, 2.05) is 0 Å². The molecule has 0 unspecified atom stereocenters. The molecule has 5 nitrogen and oxygen atoms in total. The summed E-state index contributed by atoms with van der Waals surface area (Å²) in [5.74, 6) is -0.409. The van der Waals surface area contributed by atoms with Gasteiger partial charge in [0.25, 0.3) is 5.56 Å². The van der Waals surface area contributed by atoms with Crippen LogP contribution in [0.5, 0.6) is 0 Å². The highest BCUT2D eigenvalue weighted by molar-refractivity contribution is 9.10. The van der Waals surface area contributed by atoms with E-state index in [1.165, 1.54) is 7.11 Å². The van der Waals surface area contributed by atoms with Gasteiger partial charge in [-0.2, -0.15) is 0 Å². The number of hydrogen-bond acceptors (Lipinski definition) is 3. The van der Waals surface area contributed by atoms with Gasteiger partial charge in [-0.1, -0.05) is 6.07 Å². The molecule has 0 bridgehead atoms. The number of nitrogens with one attached hydrogen (secondary N) is 2. The molecular weight excluding hydrogens is 312 g/mol. The first-order valence-electron chi connectivity index (χ1n) is 5.52. The Morgan fingerprint density at radius 2 is 2.16 bits per heavy atom. The first-order valence-corrected chi connectivity index (χ1v) is 6.32. The van der Waals surface area contributed by atoms with E-state index in [4.69, 9.17) is 0 Å². The number of ether oxygens (including phenoxy) is 1. The van der Waals surface area contributed by atoms with Crippen molar-refractivity contribution >= 4 is 43.7 Å². The first kappa shape index (κ1) is 12.0. The predicted octanol–water partition coefficient (Wildman–Crippen LogP) is 2.56. The van der Waals surface area contributed by atoms with Crippen molar-refractivity contribution < 1.29 is 9.53 Å². The highest BCUT2D eigenvalue weighted by Crippen LogP contribution is 2.27. The third-order valence-corrected chi connectivity index (χ3v) is 3.64. The van der Waals surface area contributed by atoms with Gasteiger partial charge in [0.2, 0.25) is 0 Å². The Kier molecular flexibility index (Phi) is 2.67. The highest BCUT2D eigenvalue weighted by atomic mass is 79.9. The smallest absolute Gasteiger partial charge is 0.337 e. The van der Waals surface area contributed by atoms with Crippen molar-refractivity contribution in [3.63, 3.8) is 0 Å². The fourth-order valence-corrected chi connectivity index (χ4v) is 2.54. The van der Waals surface area contributed by atoms with Gasteiger partial charge in [0.1, 0.15) is 0 Å². The van der Waals surface area contributed by atoms with E-state index in [9.17, 15) is 9.59 Å². The summed E-state index contributed by atoms with van der Waals surface area (Å²) < 4.78 is 5.44. The SMILES string of the molecule is COC(=O)c1ccc2c(c1)[nH]c1c(Br)c[nH]c(=O)c12. The zero-order chi connectivity index (χ0) is 13.6. The predicted molar refractivity (Wildman–Crippen MR) is 75.5 cm³/mol. The fourth-order valence-electron chi connectivity index (χ4n) is 2.13. The second-order valence-corrected chi connectivity index (χ2v) is 4.95. The minimum absolute atomic E-state index is 0.171. The van der Waals surface area contributed by atoms with E-state index in [2.05, 4.69) is 30.6 Å². The topological polar surface area (TPSA) is 75.0 Å². The Hall–Kier alpha value is -2.08. The number of halogens is 1. The van der Waals surface area contributed by atoms with E-state index in [1.54, 1.807) is 24.4 Å². The molecule has 19 heavy (non-hydrogen) atoms. The van der Waals surface area contributed by atoms with Crippen molar-refractivity contribution in [2.75, 3.05) is 7.11 Å². The summed E-state index contributed by atoms with van der Waals surface area (Å²) in [6.45, 7) is 0. The summed E-state index contributed by atoms with van der Waals surface area (Å²) in [6, 6.07) is 5.05. The molecule has 0 atom stereocenters. The second-order valence-electron chi connectivity index (χ2n) is 4.09. The van der Waals surface area contributed by atoms with Crippen LogP contribution in [0.25, 0.3) is 21.8 Å². The summed E-state index contributed by atoms with van der Waals surface area (Å²) in [6.07, 6.45) is 1.58. The standard InChI is InChI=1S/C13H9BrN2O3/c1-19-13(18)6-2-3-7-9(4-6)16-11-8(14)5-15-12(17)10(7)11/h2-5,16H,1H3,(H,15,17). The Morgan fingerprint density at radius 1 is 1.37 bits per heavy atom. The fraction of sp³-hybridized carbons (Fsp3) is 0.0769. The Morgan fingerprint density at radius 3 is 2.89 bits per heavy atom. The maximum absolute atomic E-state index is 11.9. The molecule has 0 fully saturated rings. The van der Waals surface area contributed by atoms with Gasteiger partial charge >= 0.3 is 5.97 Å². The van der Waals surface area contributed by atoms with Gasteiger partial charge in [-0.15, -0.1) is 0 Å². The molecule has 0 aliphatic heterocycles. The number of aromatic amines is 2. The number of H-pyrrole nitrogens is 2. The molecule has 0 aliphatic carbocycles. The maximum Gasteiger partial charge on any atom is 0.337 e. The number of rotatable bonds is 1. The van der Waals surface area contributed by atoms with Crippen molar-refractivity contribution in [2.45, 2.75) is 0 Å². The lowest BCUT2D eigenvalue weighted by Crippen LogP contribution is -2.04. The number of fused-ring (bicyclic) bond motifs is 3. The normalized spacial score (nSPS) is 11.1. The minimum Gasteiger partial charge on any atom is -0.465 e. The van der Waals surface area contributed by atoms with Crippen LogP contribution >= 0.6 is 15.9 Å².